The summed E-state index contributed by atoms with van der Waals surface area (Å²) in [5.41, 5.74) is 0. The number of rotatable bonds is 7. The summed E-state index contributed by atoms with van der Waals surface area (Å²) in [6, 6.07) is -0.341. The number of nitrogens with zero attached hydrogens (tertiary/aromatic N) is 2. The molecule has 12 heavy (non-hydrogen) atoms. The molecule has 0 aliphatic rings. The zero-order valence-electron chi connectivity index (χ0n) is 7.14. The van der Waals surface area contributed by atoms with E-state index in [9.17, 15) is 14.9 Å². The number of nitroso groups, excluding NO2 is 2. The van der Waals surface area contributed by atoms with Gasteiger partial charge in [-0.15, -0.1) is 0 Å². The van der Waals surface area contributed by atoms with Gasteiger partial charge < -0.3 is 5.11 Å². The Morgan fingerprint density at radius 2 is 2.08 bits per heavy atom. The monoisotopic (exact) mass is 174 g/mol. The van der Waals surface area contributed by atoms with Crippen LogP contribution in [-0.4, -0.2) is 23.8 Å². The van der Waals surface area contributed by atoms with Gasteiger partial charge in [0.25, 0.3) is 0 Å². The molecular formula is C7H14N2O3. The first-order valence-corrected chi connectivity index (χ1v) is 4.04. The molecule has 1 N–H and O–H groups in total. The highest BCUT2D eigenvalue weighted by atomic mass is 16.3. The molecule has 5 heteroatoms. The van der Waals surface area contributed by atoms with Crippen molar-refractivity contribution in [1.82, 2.24) is 0 Å². The predicted molar refractivity (Wildman–Crippen MR) is 45.8 cm³/mol. The van der Waals surface area contributed by atoms with Crippen LogP contribution >= 0.6 is 0 Å². The highest BCUT2D eigenvalue weighted by molar-refractivity contribution is 4.69. The standard InChI is InChI=1S/C7H14N2O3/c1-2-6(9-12)5-7(10)3-4-8-11/h6-7,10H,2-5H2,1H3/t6-,7?/m0/s1. The van der Waals surface area contributed by atoms with Crippen molar-refractivity contribution >= 4 is 0 Å². The van der Waals surface area contributed by atoms with E-state index in [1.807, 2.05) is 6.92 Å². The lowest BCUT2D eigenvalue weighted by Crippen LogP contribution is -2.16. The van der Waals surface area contributed by atoms with E-state index in [4.69, 9.17) is 0 Å². The summed E-state index contributed by atoms with van der Waals surface area (Å²) in [4.78, 5) is 19.8. The van der Waals surface area contributed by atoms with Crippen LogP contribution in [0.5, 0.6) is 0 Å². The third-order valence-electron chi connectivity index (χ3n) is 1.72. The second-order valence-electron chi connectivity index (χ2n) is 2.70. The topological polar surface area (TPSA) is 79.1 Å². The maximum atomic E-state index is 10.1. The van der Waals surface area contributed by atoms with Crippen LogP contribution in [0, 0.1) is 9.81 Å². The summed E-state index contributed by atoms with van der Waals surface area (Å²) >= 11 is 0. The van der Waals surface area contributed by atoms with Gasteiger partial charge in [0.05, 0.1) is 18.7 Å². The first-order chi connectivity index (χ1) is 5.74. The van der Waals surface area contributed by atoms with Crippen LogP contribution in [0.15, 0.2) is 10.4 Å². The summed E-state index contributed by atoms with van der Waals surface area (Å²) in [6.07, 6.45) is 0.630. The molecule has 0 aliphatic heterocycles. The van der Waals surface area contributed by atoms with Crippen LogP contribution in [0.4, 0.5) is 0 Å². The number of aliphatic hydroxyl groups excluding tert-OH is 1. The minimum atomic E-state index is -0.634. The van der Waals surface area contributed by atoms with Gasteiger partial charge in [-0.25, -0.2) is 0 Å². The highest BCUT2D eigenvalue weighted by Gasteiger charge is 2.12. The molecule has 0 radical (unpaired) electrons. The predicted octanol–water partition coefficient (Wildman–Crippen LogP) is 1.44. The number of hydrogen-bond donors (Lipinski definition) is 1. The third kappa shape index (κ3) is 4.90. The molecule has 0 aromatic carbocycles. The molecule has 0 spiro atoms. The summed E-state index contributed by atoms with van der Waals surface area (Å²) in [5, 5.41) is 14.7. The lowest BCUT2D eigenvalue weighted by atomic mass is 10.1. The Kier molecular flexibility index (Phi) is 6.37. The Hall–Kier alpha value is -0.840. The second-order valence-corrected chi connectivity index (χ2v) is 2.70. The average Bonchev–Trinajstić information content (AvgIpc) is 2.10. The summed E-state index contributed by atoms with van der Waals surface area (Å²) in [7, 11) is 0. The molecule has 0 rings (SSSR count). The molecular weight excluding hydrogens is 160 g/mol. The average molecular weight is 174 g/mol. The molecule has 0 amide bonds. The molecule has 0 aromatic rings. The Morgan fingerprint density at radius 3 is 2.50 bits per heavy atom. The van der Waals surface area contributed by atoms with Gasteiger partial charge in [0.2, 0.25) is 0 Å². The van der Waals surface area contributed by atoms with Crippen molar-refractivity contribution < 1.29 is 5.11 Å². The van der Waals surface area contributed by atoms with Gasteiger partial charge in [0.1, 0.15) is 0 Å². The summed E-state index contributed by atoms with van der Waals surface area (Å²) in [6.45, 7) is 1.92. The van der Waals surface area contributed by atoms with Crippen molar-refractivity contribution in [3.05, 3.63) is 9.81 Å². The van der Waals surface area contributed by atoms with Gasteiger partial charge in [0, 0.05) is 0 Å². The van der Waals surface area contributed by atoms with Crippen LogP contribution in [0.2, 0.25) is 0 Å². The van der Waals surface area contributed by atoms with Crippen LogP contribution in [0.25, 0.3) is 0 Å². The fourth-order valence-corrected chi connectivity index (χ4v) is 0.918. The molecule has 0 aromatic heterocycles. The van der Waals surface area contributed by atoms with Gasteiger partial charge in [-0.05, 0) is 19.3 Å². The van der Waals surface area contributed by atoms with E-state index in [0.29, 0.717) is 19.3 Å². The maximum absolute atomic E-state index is 10.1. The van der Waals surface area contributed by atoms with E-state index in [1.165, 1.54) is 0 Å². The molecule has 0 bridgehead atoms. The Bertz CT molecular complexity index is 141. The molecule has 2 atom stereocenters. The van der Waals surface area contributed by atoms with E-state index in [0.717, 1.165) is 0 Å². The van der Waals surface area contributed by atoms with Crippen molar-refractivity contribution in [1.29, 1.82) is 0 Å². The SMILES string of the molecule is CC[C@@H](CC(O)CCN=O)N=O. The summed E-state index contributed by atoms with van der Waals surface area (Å²) < 4.78 is 0. The molecule has 0 saturated carbocycles. The minimum Gasteiger partial charge on any atom is -0.393 e. The Balaban J connectivity index is 3.57. The fraction of sp³-hybridized carbons (Fsp3) is 1.00. The molecule has 0 aliphatic carbocycles. The lowest BCUT2D eigenvalue weighted by Gasteiger charge is -2.10. The first kappa shape index (κ1) is 11.2. The number of aliphatic hydroxyl groups is 1. The molecule has 0 fully saturated rings. The van der Waals surface area contributed by atoms with Gasteiger partial charge in [-0.3, -0.25) is 0 Å². The quantitative estimate of drug-likeness (QED) is 0.593. The van der Waals surface area contributed by atoms with Crippen LogP contribution < -0.4 is 0 Å². The minimum absolute atomic E-state index is 0.0937. The number of hydrogen-bond acceptors (Lipinski definition) is 5. The van der Waals surface area contributed by atoms with Gasteiger partial charge in [-0.2, -0.15) is 9.81 Å². The zero-order valence-corrected chi connectivity index (χ0v) is 7.14. The highest BCUT2D eigenvalue weighted by Crippen LogP contribution is 2.08. The second kappa shape index (κ2) is 6.84. The largest absolute Gasteiger partial charge is 0.393 e. The van der Waals surface area contributed by atoms with Crippen molar-refractivity contribution in [2.45, 2.75) is 38.3 Å². The van der Waals surface area contributed by atoms with Crippen molar-refractivity contribution in [3.8, 4) is 0 Å². The zero-order chi connectivity index (χ0) is 9.40. The van der Waals surface area contributed by atoms with Gasteiger partial charge in [-0.1, -0.05) is 17.3 Å². The van der Waals surface area contributed by atoms with Gasteiger partial charge in [0.15, 0.2) is 0 Å². The van der Waals surface area contributed by atoms with E-state index >= 15 is 0 Å². The van der Waals surface area contributed by atoms with E-state index in [-0.39, 0.29) is 12.6 Å². The van der Waals surface area contributed by atoms with Crippen molar-refractivity contribution in [2.75, 3.05) is 6.54 Å². The normalized spacial score (nSPS) is 15.2. The molecule has 0 saturated heterocycles. The van der Waals surface area contributed by atoms with Crippen molar-refractivity contribution in [3.63, 3.8) is 0 Å². The van der Waals surface area contributed by atoms with E-state index in [2.05, 4.69) is 10.4 Å². The Labute approximate surface area is 71.1 Å². The smallest absolute Gasteiger partial charge is 0.0941 e. The fourth-order valence-electron chi connectivity index (χ4n) is 0.918. The van der Waals surface area contributed by atoms with Crippen molar-refractivity contribution in [2.24, 2.45) is 10.4 Å². The van der Waals surface area contributed by atoms with Crippen LogP contribution in [0.3, 0.4) is 0 Å². The lowest BCUT2D eigenvalue weighted by molar-refractivity contribution is 0.148. The van der Waals surface area contributed by atoms with E-state index in [1.54, 1.807) is 0 Å². The molecule has 5 nitrogen and oxygen atoms in total. The van der Waals surface area contributed by atoms with E-state index < -0.39 is 6.10 Å². The molecule has 1 unspecified atom stereocenters. The van der Waals surface area contributed by atoms with Gasteiger partial charge >= 0.3 is 0 Å². The third-order valence-corrected chi connectivity index (χ3v) is 1.72. The molecule has 70 valence electrons. The van der Waals surface area contributed by atoms with Crippen LogP contribution in [0.1, 0.15) is 26.2 Å². The van der Waals surface area contributed by atoms with Crippen LogP contribution in [-0.2, 0) is 0 Å². The Morgan fingerprint density at radius 1 is 1.42 bits per heavy atom. The summed E-state index contributed by atoms with van der Waals surface area (Å²) in [5.74, 6) is 0. The molecule has 0 heterocycles. The maximum Gasteiger partial charge on any atom is 0.0941 e. The first-order valence-electron chi connectivity index (χ1n) is 4.04.